The number of carbonyl (C=O) groups excluding carboxylic acids is 7. The summed E-state index contributed by atoms with van der Waals surface area (Å²) in [6, 6.07) is 5.48. The Morgan fingerprint density at radius 3 is 2.14 bits per heavy atom. The van der Waals surface area contributed by atoms with E-state index in [2.05, 4.69) is 0 Å². The molecule has 260 valence electrons. The van der Waals surface area contributed by atoms with Crippen LogP contribution in [-0.2, 0) is 43.2 Å². The summed E-state index contributed by atoms with van der Waals surface area (Å²) in [5.74, 6) is -11.7. The van der Waals surface area contributed by atoms with Crippen LogP contribution in [-0.4, -0.2) is 56.3 Å². The summed E-state index contributed by atoms with van der Waals surface area (Å²) in [5.41, 5.74) is -4.18. The van der Waals surface area contributed by atoms with Crippen LogP contribution in [0.3, 0.4) is 0 Å². The molecule has 0 radical (unpaired) electrons. The number of ketones is 7. The van der Waals surface area contributed by atoms with Crippen LogP contribution in [0, 0.1) is 40.3 Å². The molecule has 0 spiro atoms. The molecule has 0 amide bonds. The largest absolute Gasteiger partial charge is 0.507 e. The minimum Gasteiger partial charge on any atom is -0.507 e. The van der Waals surface area contributed by atoms with Crippen LogP contribution in [0.1, 0.15) is 111 Å². The number of rotatable bonds is 8. The Kier molecular flexibility index (Phi) is 8.84. The predicted molar refractivity (Wildman–Crippen MR) is 176 cm³/mol. The molecule has 2 N–H and O–H groups in total. The van der Waals surface area contributed by atoms with Crippen LogP contribution < -0.4 is 0 Å². The molecular weight excluding hydrogens is 631 g/mol. The number of aliphatic hydroxyl groups is 1. The van der Waals surface area contributed by atoms with Crippen molar-refractivity contribution < 1.29 is 48.2 Å². The summed E-state index contributed by atoms with van der Waals surface area (Å²) < 4.78 is 14.1. The number of phenols is 1. The summed E-state index contributed by atoms with van der Waals surface area (Å²) in [5, 5.41) is 23.9. The number of benzene rings is 2. The first-order valence-electron chi connectivity index (χ1n) is 16.7. The van der Waals surface area contributed by atoms with Crippen molar-refractivity contribution >= 4 is 40.5 Å². The molecule has 5 rings (SSSR count). The summed E-state index contributed by atoms with van der Waals surface area (Å²) in [4.78, 5) is 94.5. The second kappa shape index (κ2) is 12.0. The highest BCUT2D eigenvalue weighted by molar-refractivity contribution is 6.32. The maximum absolute atomic E-state index is 14.6. The molecule has 0 aromatic heterocycles. The topological polar surface area (TPSA) is 160 Å². The molecule has 2 fully saturated rings. The first-order valence-corrected chi connectivity index (χ1v) is 16.7. The predicted octanol–water partition coefficient (Wildman–Crippen LogP) is 4.91. The van der Waals surface area contributed by atoms with Crippen LogP contribution in [0.15, 0.2) is 24.3 Å². The maximum atomic E-state index is 14.6. The Bertz CT molecular complexity index is 1870. The summed E-state index contributed by atoms with van der Waals surface area (Å²) in [7, 11) is 0. The van der Waals surface area contributed by atoms with Crippen LogP contribution in [0.2, 0.25) is 0 Å². The van der Waals surface area contributed by atoms with Gasteiger partial charge in [0.15, 0.2) is 34.5 Å². The van der Waals surface area contributed by atoms with Crippen LogP contribution in [0.25, 0.3) is 0 Å². The Hall–Kier alpha value is -4.18. The third-order valence-corrected chi connectivity index (χ3v) is 11.3. The molecule has 49 heavy (non-hydrogen) atoms. The second-order valence-corrected chi connectivity index (χ2v) is 15.6. The van der Waals surface area contributed by atoms with Gasteiger partial charge in [0.1, 0.15) is 29.1 Å². The molecule has 10 heteroatoms. The van der Waals surface area contributed by atoms with Gasteiger partial charge in [-0.1, -0.05) is 53.7 Å². The molecule has 3 unspecified atom stereocenters. The van der Waals surface area contributed by atoms with E-state index in [4.69, 9.17) is 0 Å². The van der Waals surface area contributed by atoms with Crippen LogP contribution in [0.5, 0.6) is 5.75 Å². The lowest BCUT2D eigenvalue weighted by molar-refractivity contribution is -0.205. The molecule has 0 bridgehead atoms. The van der Waals surface area contributed by atoms with Gasteiger partial charge in [0.05, 0.1) is 17.0 Å². The summed E-state index contributed by atoms with van der Waals surface area (Å²) >= 11 is 0. The zero-order valence-corrected chi connectivity index (χ0v) is 29.2. The Morgan fingerprint density at radius 2 is 1.59 bits per heavy atom. The van der Waals surface area contributed by atoms with Crippen LogP contribution >= 0.6 is 0 Å². The van der Waals surface area contributed by atoms with E-state index in [-0.39, 0.29) is 54.1 Å². The number of hydrogen-bond donors (Lipinski definition) is 2. The van der Waals surface area contributed by atoms with Gasteiger partial charge in [-0.3, -0.25) is 33.6 Å². The average Bonchev–Trinajstić information content (AvgIpc) is 2.96. The lowest BCUT2D eigenvalue weighted by Crippen LogP contribution is -2.76. The van der Waals surface area contributed by atoms with E-state index < -0.39 is 86.4 Å². The average molecular weight is 675 g/mol. The van der Waals surface area contributed by atoms with Crippen molar-refractivity contribution in [1.82, 2.24) is 0 Å². The van der Waals surface area contributed by atoms with E-state index in [1.165, 1.54) is 26.0 Å². The smallest absolute Gasteiger partial charge is 0.190 e. The zero-order chi connectivity index (χ0) is 36.7. The first-order chi connectivity index (χ1) is 22.6. The van der Waals surface area contributed by atoms with Gasteiger partial charge in [-0.15, -0.1) is 0 Å². The maximum Gasteiger partial charge on any atom is 0.190 e. The van der Waals surface area contributed by atoms with Crippen molar-refractivity contribution in [3.63, 3.8) is 0 Å². The highest BCUT2D eigenvalue weighted by atomic mass is 19.1. The standard InChI is InChI=1S/C39H43FO9/c1-17(2)24-14-22(13-23(43)11-21-9-10-27(40)25(12-21)19(5)41)32(44)29-26(24)15-37(7)16-38(8)30(18(3)4)33(45)28(20(6)42)35(47)39(38,49)36(48)31(37)34(29)46/h9-10,12,14,17-18,28,30-31,44,49H,11,13,15-16H2,1-8H3/t28?,30?,31?,37-,38-,39+/m1/s1. The number of carbonyl (C=O) groups is 7. The Balaban J connectivity index is 1.61. The molecule has 9 nitrogen and oxygen atoms in total. The van der Waals surface area contributed by atoms with E-state index in [1.807, 2.05) is 13.8 Å². The third-order valence-electron chi connectivity index (χ3n) is 11.3. The van der Waals surface area contributed by atoms with Crippen molar-refractivity contribution in [3.05, 3.63) is 63.5 Å². The molecule has 0 aliphatic heterocycles. The minimum atomic E-state index is -2.80. The highest BCUT2D eigenvalue weighted by Gasteiger charge is 2.76. The van der Waals surface area contributed by atoms with E-state index in [1.54, 1.807) is 26.8 Å². The molecular formula is C39H43FO9. The van der Waals surface area contributed by atoms with E-state index >= 15 is 0 Å². The van der Waals surface area contributed by atoms with Crippen molar-refractivity contribution in [2.24, 2.45) is 34.5 Å². The molecule has 6 atom stereocenters. The lowest BCUT2D eigenvalue weighted by atomic mass is 9.39. The van der Waals surface area contributed by atoms with E-state index in [9.17, 15) is 48.2 Å². The third kappa shape index (κ3) is 5.25. The number of Topliss-reactive ketones (excluding diaryl/α,β-unsaturated/α-hetero) is 7. The van der Waals surface area contributed by atoms with E-state index in [0.29, 0.717) is 16.7 Å². The quantitative estimate of drug-likeness (QED) is 0.293. The molecule has 0 heterocycles. The van der Waals surface area contributed by atoms with Gasteiger partial charge in [-0.05, 0) is 72.8 Å². The van der Waals surface area contributed by atoms with Crippen molar-refractivity contribution in [3.8, 4) is 5.75 Å². The molecule has 3 aliphatic carbocycles. The van der Waals surface area contributed by atoms with Gasteiger partial charge >= 0.3 is 0 Å². The normalized spacial score (nSPS) is 29.5. The number of phenolic OH excluding ortho intramolecular Hbond substituents is 1. The van der Waals surface area contributed by atoms with E-state index in [0.717, 1.165) is 13.0 Å². The number of halogens is 1. The van der Waals surface area contributed by atoms with Gasteiger partial charge in [0.2, 0.25) is 0 Å². The van der Waals surface area contributed by atoms with Gasteiger partial charge in [-0.2, -0.15) is 0 Å². The molecule has 0 saturated heterocycles. The number of hydrogen-bond acceptors (Lipinski definition) is 9. The SMILES string of the molecule is CC(=O)c1cc(CC(=O)Cc2cc(C(C)C)c3c(c2O)C(=O)C2C(=O)[C@@]4(O)C(=O)C(C(C)=O)C(=O)C(C(C)C)[C@@]4(C)C[C@@]2(C)C3)ccc1F. The fourth-order valence-electron chi connectivity index (χ4n) is 9.39. The Morgan fingerprint density at radius 1 is 0.959 bits per heavy atom. The summed E-state index contributed by atoms with van der Waals surface area (Å²) in [6.45, 7) is 12.8. The highest BCUT2D eigenvalue weighted by Crippen LogP contribution is 2.64. The molecule has 2 aromatic rings. The van der Waals surface area contributed by atoms with Crippen molar-refractivity contribution in [2.45, 2.75) is 92.6 Å². The number of aromatic hydroxyl groups is 1. The van der Waals surface area contributed by atoms with Gasteiger partial charge in [-0.25, -0.2) is 4.39 Å². The monoisotopic (exact) mass is 674 g/mol. The van der Waals surface area contributed by atoms with Crippen molar-refractivity contribution in [1.29, 1.82) is 0 Å². The Labute approximate surface area is 284 Å². The van der Waals surface area contributed by atoms with Gasteiger partial charge < -0.3 is 10.2 Å². The first kappa shape index (κ1) is 36.1. The fraction of sp³-hybridized carbons (Fsp3) is 0.513. The van der Waals surface area contributed by atoms with Crippen LogP contribution in [0.4, 0.5) is 4.39 Å². The lowest BCUT2D eigenvalue weighted by Gasteiger charge is -2.62. The molecule has 3 aliphatic rings. The molecule has 2 saturated carbocycles. The molecule has 2 aromatic carbocycles. The second-order valence-electron chi connectivity index (χ2n) is 15.6. The minimum absolute atomic E-state index is 0.0541. The van der Waals surface area contributed by atoms with Gasteiger partial charge in [0.25, 0.3) is 0 Å². The summed E-state index contributed by atoms with van der Waals surface area (Å²) in [6.07, 6.45) is -0.435. The van der Waals surface area contributed by atoms with Crippen molar-refractivity contribution in [2.75, 3.05) is 0 Å². The fourth-order valence-corrected chi connectivity index (χ4v) is 9.39. The number of fused-ring (bicyclic) bond motifs is 3. The zero-order valence-electron chi connectivity index (χ0n) is 29.2. The van der Waals surface area contributed by atoms with Gasteiger partial charge in [0, 0.05) is 29.7 Å².